The molecule has 0 spiro atoms. The molecule has 1 aromatic carbocycles. The topological polar surface area (TPSA) is 69.2 Å². The van der Waals surface area contributed by atoms with E-state index in [1.807, 2.05) is 30.3 Å². The molecule has 0 saturated heterocycles. The SMILES string of the molecule is CCCCCCCCCCCC(=O)N[C@@H](Cc1ccccc1)C(=O)[O-].[Na+]. The number of benzene rings is 1. The second kappa shape index (κ2) is 16.3. The van der Waals surface area contributed by atoms with Crippen molar-refractivity contribution in [2.24, 2.45) is 0 Å². The van der Waals surface area contributed by atoms with Gasteiger partial charge in [-0.1, -0.05) is 88.6 Å². The van der Waals surface area contributed by atoms with Crippen molar-refractivity contribution in [2.75, 3.05) is 0 Å². The molecule has 0 saturated carbocycles. The maximum absolute atomic E-state index is 12.0. The van der Waals surface area contributed by atoms with E-state index in [-0.39, 0.29) is 41.9 Å². The van der Waals surface area contributed by atoms with E-state index in [1.54, 1.807) is 0 Å². The molecule has 0 unspecified atom stereocenters. The first-order chi connectivity index (χ1) is 12.1. The molecule has 0 heterocycles. The number of carbonyl (C=O) groups excluding carboxylic acids is 2. The molecule has 1 amide bonds. The monoisotopic (exact) mass is 369 g/mol. The van der Waals surface area contributed by atoms with Crippen LogP contribution in [0.4, 0.5) is 0 Å². The number of carbonyl (C=O) groups is 2. The van der Waals surface area contributed by atoms with Crippen molar-refractivity contribution in [1.82, 2.24) is 5.32 Å². The van der Waals surface area contributed by atoms with Gasteiger partial charge in [0.2, 0.25) is 5.91 Å². The van der Waals surface area contributed by atoms with Gasteiger partial charge in [0.25, 0.3) is 0 Å². The summed E-state index contributed by atoms with van der Waals surface area (Å²) in [7, 11) is 0. The largest absolute Gasteiger partial charge is 1.00 e. The van der Waals surface area contributed by atoms with Crippen LogP contribution in [0.25, 0.3) is 0 Å². The second-order valence-electron chi connectivity index (χ2n) is 6.71. The molecule has 1 aromatic rings. The van der Waals surface area contributed by atoms with Gasteiger partial charge in [-0.3, -0.25) is 4.79 Å². The molecule has 5 heteroatoms. The third-order valence-corrected chi connectivity index (χ3v) is 4.41. The Morgan fingerprint density at radius 1 is 0.923 bits per heavy atom. The fourth-order valence-electron chi connectivity index (χ4n) is 2.91. The maximum Gasteiger partial charge on any atom is 1.00 e. The first-order valence-corrected chi connectivity index (χ1v) is 9.67. The standard InChI is InChI=1S/C21H33NO3.Na/c1-2-3-4-5-6-7-8-9-13-16-20(23)22-19(21(24)25)17-18-14-11-10-12-15-18;/h10-12,14-15,19H,2-9,13,16-17H2,1H3,(H,22,23)(H,24,25);/q;+1/p-1/t19-;/m0./s1. The van der Waals surface area contributed by atoms with Crippen LogP contribution in [0, 0.1) is 0 Å². The Balaban J connectivity index is 0.00000625. The number of aliphatic carboxylic acids is 1. The van der Waals surface area contributed by atoms with Crippen molar-refractivity contribution in [3.05, 3.63) is 35.9 Å². The maximum atomic E-state index is 12.0. The fraction of sp³-hybridized carbons (Fsp3) is 0.619. The van der Waals surface area contributed by atoms with E-state index in [1.165, 1.54) is 38.5 Å². The fourth-order valence-corrected chi connectivity index (χ4v) is 2.91. The van der Waals surface area contributed by atoms with Crippen molar-refractivity contribution in [1.29, 1.82) is 0 Å². The van der Waals surface area contributed by atoms with Crippen molar-refractivity contribution in [3.63, 3.8) is 0 Å². The molecule has 0 radical (unpaired) electrons. The van der Waals surface area contributed by atoms with Crippen LogP contribution >= 0.6 is 0 Å². The number of rotatable bonds is 14. The van der Waals surface area contributed by atoms with Crippen LogP contribution in [0.2, 0.25) is 0 Å². The molecule has 1 N–H and O–H groups in total. The minimum atomic E-state index is -1.23. The number of carboxylic acids is 1. The van der Waals surface area contributed by atoms with Gasteiger partial charge in [0, 0.05) is 6.42 Å². The van der Waals surface area contributed by atoms with E-state index in [0.717, 1.165) is 24.8 Å². The van der Waals surface area contributed by atoms with Crippen molar-refractivity contribution in [3.8, 4) is 0 Å². The quantitative estimate of drug-likeness (QED) is 0.381. The predicted octanol–water partition coefficient (Wildman–Crippen LogP) is 0.389. The van der Waals surface area contributed by atoms with Crippen LogP contribution in [0.5, 0.6) is 0 Å². The van der Waals surface area contributed by atoms with Crippen LogP contribution in [-0.2, 0) is 16.0 Å². The molecular weight excluding hydrogens is 337 g/mol. The molecule has 140 valence electrons. The molecule has 1 rings (SSSR count). The molecule has 1 atom stereocenters. The third-order valence-electron chi connectivity index (χ3n) is 4.41. The first kappa shape index (κ1) is 25.2. The van der Waals surface area contributed by atoms with Gasteiger partial charge in [0.15, 0.2) is 0 Å². The smallest absolute Gasteiger partial charge is 0.548 e. The third kappa shape index (κ3) is 12.5. The van der Waals surface area contributed by atoms with Crippen LogP contribution in [0.1, 0.15) is 76.7 Å². The molecular formula is C21H32NNaO3. The number of unbranched alkanes of at least 4 members (excludes halogenated alkanes) is 8. The van der Waals surface area contributed by atoms with Crippen LogP contribution in [0.3, 0.4) is 0 Å². The van der Waals surface area contributed by atoms with Crippen molar-refractivity contribution >= 4 is 11.9 Å². The van der Waals surface area contributed by atoms with Crippen LogP contribution < -0.4 is 40.0 Å². The summed E-state index contributed by atoms with van der Waals surface area (Å²) in [4.78, 5) is 23.2. The zero-order valence-corrected chi connectivity index (χ0v) is 18.5. The van der Waals surface area contributed by atoms with Gasteiger partial charge in [-0.25, -0.2) is 0 Å². The molecule has 0 aliphatic heterocycles. The molecule has 0 bridgehead atoms. The van der Waals surface area contributed by atoms with E-state index >= 15 is 0 Å². The Kier molecular flexibility index (Phi) is 15.8. The van der Waals surface area contributed by atoms with Crippen molar-refractivity contribution < 1.29 is 44.3 Å². The van der Waals surface area contributed by atoms with E-state index < -0.39 is 12.0 Å². The average molecular weight is 369 g/mol. The molecule has 26 heavy (non-hydrogen) atoms. The van der Waals surface area contributed by atoms with Gasteiger partial charge in [-0.15, -0.1) is 0 Å². The van der Waals surface area contributed by atoms with Gasteiger partial charge < -0.3 is 15.2 Å². The zero-order chi connectivity index (χ0) is 18.3. The van der Waals surface area contributed by atoms with Gasteiger partial charge in [0.1, 0.15) is 0 Å². The van der Waals surface area contributed by atoms with Gasteiger partial charge in [-0.05, 0) is 18.4 Å². The number of carboxylic acid groups (broad SMARTS) is 1. The normalized spacial score (nSPS) is 11.4. The molecule has 4 nitrogen and oxygen atoms in total. The zero-order valence-electron chi connectivity index (χ0n) is 16.5. The average Bonchev–Trinajstić information content (AvgIpc) is 2.60. The van der Waals surface area contributed by atoms with Crippen LogP contribution in [-0.4, -0.2) is 17.9 Å². The first-order valence-electron chi connectivity index (χ1n) is 9.67. The summed E-state index contributed by atoms with van der Waals surface area (Å²) in [5.74, 6) is -1.43. The minimum Gasteiger partial charge on any atom is -0.548 e. The Labute approximate surface area is 180 Å². The predicted molar refractivity (Wildman–Crippen MR) is 98.9 cm³/mol. The Morgan fingerprint density at radius 2 is 1.46 bits per heavy atom. The van der Waals surface area contributed by atoms with E-state index in [2.05, 4.69) is 12.2 Å². The summed E-state index contributed by atoms with van der Waals surface area (Å²) in [5, 5.41) is 13.8. The van der Waals surface area contributed by atoms with E-state index in [4.69, 9.17) is 0 Å². The summed E-state index contributed by atoms with van der Waals surface area (Å²) >= 11 is 0. The number of nitrogens with one attached hydrogen (secondary N) is 1. The van der Waals surface area contributed by atoms with Crippen LogP contribution in [0.15, 0.2) is 30.3 Å². The summed E-state index contributed by atoms with van der Waals surface area (Å²) in [6.45, 7) is 2.22. The minimum absolute atomic E-state index is 0. The van der Waals surface area contributed by atoms with Gasteiger partial charge in [0.05, 0.1) is 12.0 Å². The van der Waals surface area contributed by atoms with Gasteiger partial charge in [-0.2, -0.15) is 0 Å². The molecule has 0 fully saturated rings. The second-order valence-corrected chi connectivity index (χ2v) is 6.71. The number of hydrogen-bond donors (Lipinski definition) is 1. The summed E-state index contributed by atoms with van der Waals surface area (Å²) < 4.78 is 0. The Morgan fingerprint density at radius 3 is 2.00 bits per heavy atom. The number of amides is 1. The van der Waals surface area contributed by atoms with Crippen molar-refractivity contribution in [2.45, 2.75) is 83.6 Å². The Bertz CT molecular complexity index is 493. The summed E-state index contributed by atoms with van der Waals surface area (Å²) in [6.07, 6.45) is 11.3. The van der Waals surface area contributed by atoms with E-state index in [9.17, 15) is 14.7 Å². The molecule has 0 aliphatic rings. The van der Waals surface area contributed by atoms with E-state index in [0.29, 0.717) is 6.42 Å². The Hall–Kier alpha value is -0.840. The van der Waals surface area contributed by atoms with Gasteiger partial charge >= 0.3 is 29.6 Å². The summed E-state index contributed by atoms with van der Waals surface area (Å²) in [5.41, 5.74) is 0.875. The molecule has 0 aliphatic carbocycles. The number of hydrogen-bond acceptors (Lipinski definition) is 3. The molecule has 0 aromatic heterocycles. The summed E-state index contributed by atoms with van der Waals surface area (Å²) in [6, 6.07) is 8.32.